The number of likely N-dealkylation sites (N-methyl/N-ethyl adjacent to an activating group) is 2. The molecular formula is C9H17N3O. The fourth-order valence-electron chi connectivity index (χ4n) is 0.781. The summed E-state index contributed by atoms with van der Waals surface area (Å²) in [7, 11) is 3.63. The van der Waals surface area contributed by atoms with Crippen molar-refractivity contribution < 1.29 is 4.79 Å². The van der Waals surface area contributed by atoms with E-state index in [0.29, 0.717) is 19.6 Å². The molecular weight excluding hydrogens is 166 g/mol. The van der Waals surface area contributed by atoms with E-state index in [0.717, 1.165) is 6.54 Å². The van der Waals surface area contributed by atoms with Gasteiger partial charge in [0, 0.05) is 20.1 Å². The average Bonchev–Trinajstić information content (AvgIpc) is 2.14. The van der Waals surface area contributed by atoms with Crippen molar-refractivity contribution in [1.82, 2.24) is 15.5 Å². The zero-order chi connectivity index (χ0) is 10.1. The number of rotatable bonds is 6. The molecule has 74 valence electrons. The molecule has 2 N–H and O–H groups in total. The fourth-order valence-corrected chi connectivity index (χ4v) is 0.781. The highest BCUT2D eigenvalue weighted by atomic mass is 16.2. The van der Waals surface area contributed by atoms with Crippen LogP contribution in [-0.4, -0.2) is 51.1 Å². The summed E-state index contributed by atoms with van der Waals surface area (Å²) in [4.78, 5) is 13.0. The third-order valence-corrected chi connectivity index (χ3v) is 1.63. The number of hydrogen-bond acceptors (Lipinski definition) is 3. The van der Waals surface area contributed by atoms with Crippen molar-refractivity contribution in [3.8, 4) is 12.3 Å². The maximum absolute atomic E-state index is 11.3. The summed E-state index contributed by atoms with van der Waals surface area (Å²) in [5.74, 6) is 2.47. The normalized spacial score (nSPS) is 9.31. The number of nitrogens with zero attached hydrogens (tertiary/aromatic N) is 1. The van der Waals surface area contributed by atoms with Crippen molar-refractivity contribution in [2.75, 3.05) is 40.3 Å². The van der Waals surface area contributed by atoms with E-state index in [9.17, 15) is 4.79 Å². The molecule has 4 nitrogen and oxygen atoms in total. The van der Waals surface area contributed by atoms with Gasteiger partial charge in [0.05, 0.1) is 13.1 Å². The zero-order valence-electron chi connectivity index (χ0n) is 8.26. The molecule has 1 amide bonds. The monoisotopic (exact) mass is 183 g/mol. The molecule has 0 aromatic carbocycles. The minimum absolute atomic E-state index is 0.0606. The van der Waals surface area contributed by atoms with Gasteiger partial charge in [-0.2, -0.15) is 0 Å². The molecule has 0 aliphatic rings. The summed E-state index contributed by atoms with van der Waals surface area (Å²) in [6.07, 6.45) is 5.02. The molecule has 0 aromatic heterocycles. The van der Waals surface area contributed by atoms with Crippen LogP contribution < -0.4 is 10.6 Å². The van der Waals surface area contributed by atoms with Crippen LogP contribution in [0.2, 0.25) is 0 Å². The highest BCUT2D eigenvalue weighted by Crippen LogP contribution is 1.81. The first kappa shape index (κ1) is 11.9. The number of hydrogen-bond donors (Lipinski definition) is 2. The third kappa shape index (κ3) is 6.14. The number of nitrogens with one attached hydrogen (secondary N) is 2. The first-order valence-corrected chi connectivity index (χ1v) is 4.25. The first-order valence-electron chi connectivity index (χ1n) is 4.25. The Bertz CT molecular complexity index is 186. The molecule has 0 bridgehead atoms. The zero-order valence-corrected chi connectivity index (χ0v) is 8.26. The standard InChI is InChI=1S/C9H17N3O/c1-4-5-11-8-9(13)12(3)7-6-10-2/h1,10-11H,5-8H2,2-3H3. The van der Waals surface area contributed by atoms with E-state index in [-0.39, 0.29) is 5.91 Å². The van der Waals surface area contributed by atoms with Gasteiger partial charge in [0.15, 0.2) is 0 Å². The van der Waals surface area contributed by atoms with Crippen LogP contribution in [0.25, 0.3) is 0 Å². The van der Waals surface area contributed by atoms with Gasteiger partial charge in [0.1, 0.15) is 0 Å². The van der Waals surface area contributed by atoms with E-state index in [4.69, 9.17) is 6.42 Å². The van der Waals surface area contributed by atoms with Crippen LogP contribution in [0, 0.1) is 12.3 Å². The molecule has 0 spiro atoms. The number of terminal acetylenes is 1. The Labute approximate surface area is 79.7 Å². The summed E-state index contributed by atoms with van der Waals surface area (Å²) in [5, 5.41) is 5.82. The van der Waals surface area contributed by atoms with Gasteiger partial charge in [-0.15, -0.1) is 6.42 Å². The lowest BCUT2D eigenvalue weighted by atomic mass is 10.4. The summed E-state index contributed by atoms with van der Waals surface area (Å²) in [5.41, 5.74) is 0. The quantitative estimate of drug-likeness (QED) is 0.405. The summed E-state index contributed by atoms with van der Waals surface area (Å²) in [6, 6.07) is 0. The molecule has 0 unspecified atom stereocenters. The molecule has 0 rings (SSSR count). The second kappa shape index (κ2) is 7.59. The van der Waals surface area contributed by atoms with Gasteiger partial charge in [0.25, 0.3) is 0 Å². The van der Waals surface area contributed by atoms with E-state index < -0.39 is 0 Å². The smallest absolute Gasteiger partial charge is 0.236 e. The topological polar surface area (TPSA) is 44.4 Å². The van der Waals surface area contributed by atoms with Crippen LogP contribution in [-0.2, 0) is 4.79 Å². The van der Waals surface area contributed by atoms with Crippen LogP contribution in [0.5, 0.6) is 0 Å². The van der Waals surface area contributed by atoms with Crippen LogP contribution in [0.3, 0.4) is 0 Å². The lowest BCUT2D eigenvalue weighted by Gasteiger charge is -2.16. The molecule has 0 radical (unpaired) electrons. The van der Waals surface area contributed by atoms with Gasteiger partial charge >= 0.3 is 0 Å². The van der Waals surface area contributed by atoms with Crippen LogP contribution >= 0.6 is 0 Å². The van der Waals surface area contributed by atoms with Crippen molar-refractivity contribution in [2.45, 2.75) is 0 Å². The molecule has 13 heavy (non-hydrogen) atoms. The summed E-state index contributed by atoms with van der Waals surface area (Å²) < 4.78 is 0. The molecule has 0 aliphatic carbocycles. The molecule has 0 atom stereocenters. The molecule has 0 heterocycles. The predicted octanol–water partition coefficient (Wildman–Crippen LogP) is -1.11. The van der Waals surface area contributed by atoms with E-state index in [1.54, 1.807) is 11.9 Å². The van der Waals surface area contributed by atoms with Crippen molar-refractivity contribution in [3.05, 3.63) is 0 Å². The molecule has 4 heteroatoms. The Hall–Kier alpha value is -1.05. The van der Waals surface area contributed by atoms with Crippen molar-refractivity contribution in [1.29, 1.82) is 0 Å². The lowest BCUT2D eigenvalue weighted by molar-refractivity contribution is -0.128. The Morgan fingerprint density at radius 2 is 2.31 bits per heavy atom. The molecule has 0 saturated carbocycles. The van der Waals surface area contributed by atoms with E-state index in [1.165, 1.54) is 0 Å². The third-order valence-electron chi connectivity index (χ3n) is 1.63. The largest absolute Gasteiger partial charge is 0.343 e. The van der Waals surface area contributed by atoms with Crippen LogP contribution in [0.15, 0.2) is 0 Å². The van der Waals surface area contributed by atoms with Gasteiger partial charge < -0.3 is 10.2 Å². The van der Waals surface area contributed by atoms with Gasteiger partial charge in [0.2, 0.25) is 5.91 Å². The van der Waals surface area contributed by atoms with Crippen molar-refractivity contribution in [3.63, 3.8) is 0 Å². The maximum Gasteiger partial charge on any atom is 0.236 e. The van der Waals surface area contributed by atoms with Gasteiger partial charge in [-0.25, -0.2) is 0 Å². The van der Waals surface area contributed by atoms with Crippen LogP contribution in [0.4, 0.5) is 0 Å². The first-order chi connectivity index (χ1) is 6.22. The van der Waals surface area contributed by atoms with Gasteiger partial charge in [-0.05, 0) is 7.05 Å². The highest BCUT2D eigenvalue weighted by molar-refractivity contribution is 5.77. The Morgan fingerprint density at radius 1 is 1.62 bits per heavy atom. The summed E-state index contributed by atoms with van der Waals surface area (Å²) in [6.45, 7) is 2.26. The van der Waals surface area contributed by atoms with Crippen LogP contribution in [0.1, 0.15) is 0 Å². The maximum atomic E-state index is 11.3. The predicted molar refractivity (Wildman–Crippen MR) is 53.3 cm³/mol. The Morgan fingerprint density at radius 3 is 2.85 bits per heavy atom. The minimum Gasteiger partial charge on any atom is -0.343 e. The highest BCUT2D eigenvalue weighted by Gasteiger charge is 2.05. The second-order valence-corrected chi connectivity index (χ2v) is 2.73. The number of amides is 1. The minimum atomic E-state index is 0.0606. The number of carbonyl (C=O) groups is 1. The lowest BCUT2D eigenvalue weighted by Crippen LogP contribution is -2.38. The SMILES string of the molecule is C#CCNCC(=O)N(C)CCNC. The van der Waals surface area contributed by atoms with Crippen molar-refractivity contribution >= 4 is 5.91 Å². The molecule has 0 fully saturated rings. The Kier molecular flexibility index (Phi) is 6.98. The van der Waals surface area contributed by atoms with E-state index in [1.807, 2.05) is 7.05 Å². The Balaban J connectivity index is 3.52. The second-order valence-electron chi connectivity index (χ2n) is 2.73. The molecule has 0 aromatic rings. The average molecular weight is 183 g/mol. The van der Waals surface area contributed by atoms with Crippen molar-refractivity contribution in [2.24, 2.45) is 0 Å². The molecule has 0 saturated heterocycles. The van der Waals surface area contributed by atoms with Gasteiger partial charge in [-0.1, -0.05) is 5.92 Å². The number of carbonyl (C=O) groups excluding carboxylic acids is 1. The van der Waals surface area contributed by atoms with E-state index >= 15 is 0 Å². The van der Waals surface area contributed by atoms with E-state index in [2.05, 4.69) is 16.6 Å². The molecule has 0 aliphatic heterocycles. The van der Waals surface area contributed by atoms with Gasteiger partial charge in [-0.3, -0.25) is 10.1 Å². The fraction of sp³-hybridized carbons (Fsp3) is 0.667. The summed E-state index contributed by atoms with van der Waals surface area (Å²) >= 11 is 0.